The number of aliphatic hydroxyl groups is 1. The highest BCUT2D eigenvalue weighted by Crippen LogP contribution is 2.27. The second-order valence-corrected chi connectivity index (χ2v) is 6.91. The molecule has 0 bridgehead atoms. The molecule has 1 amide bonds. The highest BCUT2D eigenvalue weighted by Gasteiger charge is 2.43. The smallest absolute Gasteiger partial charge is 0.410 e. The van der Waals surface area contributed by atoms with Crippen LogP contribution >= 0.6 is 0 Å². The van der Waals surface area contributed by atoms with Gasteiger partial charge in [0.1, 0.15) is 17.8 Å². The molecule has 1 N–H and O–H groups in total. The lowest BCUT2D eigenvalue weighted by atomic mass is 10.1. The molecule has 3 atom stereocenters. The Hall–Kier alpha value is -0.890. The lowest BCUT2D eigenvalue weighted by Gasteiger charge is -2.35. The first-order valence-electron chi connectivity index (χ1n) is 7.42. The van der Waals surface area contributed by atoms with Crippen LogP contribution in [0.1, 0.15) is 34.6 Å². The molecule has 130 valence electrons. The van der Waals surface area contributed by atoms with Gasteiger partial charge in [0, 0.05) is 14.2 Å². The zero-order valence-corrected chi connectivity index (χ0v) is 14.6. The number of carbonyl (C=O) groups is 1. The van der Waals surface area contributed by atoms with E-state index in [2.05, 4.69) is 0 Å². The number of rotatable bonds is 5. The van der Waals surface area contributed by atoms with Crippen LogP contribution in [-0.2, 0) is 18.9 Å². The van der Waals surface area contributed by atoms with Crippen molar-refractivity contribution < 1.29 is 28.8 Å². The monoisotopic (exact) mass is 319 g/mol. The second-order valence-electron chi connectivity index (χ2n) is 6.91. The molecule has 7 heteroatoms. The third kappa shape index (κ3) is 5.08. The average molecular weight is 319 g/mol. The Morgan fingerprint density at radius 1 is 1.45 bits per heavy atom. The predicted octanol–water partition coefficient (Wildman–Crippen LogP) is 1.38. The number of methoxy groups -OCH3 is 1. The summed E-state index contributed by atoms with van der Waals surface area (Å²) in [4.78, 5) is 13.5. The molecule has 0 aromatic heterocycles. The molecule has 0 aromatic rings. The molecule has 1 saturated heterocycles. The van der Waals surface area contributed by atoms with E-state index in [0.29, 0.717) is 6.61 Å². The summed E-state index contributed by atoms with van der Waals surface area (Å²) in [6, 6.07) is -0.595. The van der Waals surface area contributed by atoms with E-state index in [4.69, 9.17) is 18.9 Å². The standard InChI is InChI=1S/C15H29NO6/c1-14(2,3)22-13(18)16(6)10(8-17)12(19-7)11-9-20-15(4,5)21-11/h10-12,17H,8-9H2,1-7H3. The van der Waals surface area contributed by atoms with E-state index in [0.717, 1.165) is 0 Å². The topological polar surface area (TPSA) is 77.5 Å². The van der Waals surface area contributed by atoms with Crippen molar-refractivity contribution in [3.05, 3.63) is 0 Å². The Bertz CT molecular complexity index is 379. The summed E-state index contributed by atoms with van der Waals surface area (Å²) in [5.74, 6) is -0.702. The summed E-state index contributed by atoms with van der Waals surface area (Å²) in [5.41, 5.74) is -0.608. The lowest BCUT2D eigenvalue weighted by Crippen LogP contribution is -2.54. The Labute approximate surface area is 132 Å². The zero-order chi connectivity index (χ0) is 17.1. The fourth-order valence-corrected chi connectivity index (χ4v) is 2.35. The van der Waals surface area contributed by atoms with Gasteiger partial charge in [0.25, 0.3) is 0 Å². The Kier molecular flexibility index (Phi) is 6.20. The third-order valence-corrected chi connectivity index (χ3v) is 3.41. The number of likely N-dealkylation sites (N-methyl/N-ethyl adjacent to an activating group) is 1. The van der Waals surface area contributed by atoms with Crippen molar-refractivity contribution in [1.29, 1.82) is 0 Å². The van der Waals surface area contributed by atoms with Crippen LogP contribution in [0.25, 0.3) is 0 Å². The molecule has 1 aliphatic rings. The summed E-state index contributed by atoms with van der Waals surface area (Å²) in [6.07, 6.45) is -1.42. The molecule has 1 heterocycles. The van der Waals surface area contributed by atoms with Crippen LogP contribution < -0.4 is 0 Å². The van der Waals surface area contributed by atoms with E-state index in [9.17, 15) is 9.90 Å². The molecule has 0 radical (unpaired) electrons. The van der Waals surface area contributed by atoms with Gasteiger partial charge in [-0.25, -0.2) is 4.79 Å². The van der Waals surface area contributed by atoms with Gasteiger partial charge in [-0.2, -0.15) is 0 Å². The molecule has 1 rings (SSSR count). The highest BCUT2D eigenvalue weighted by molar-refractivity contribution is 5.68. The first-order valence-corrected chi connectivity index (χ1v) is 7.42. The Balaban J connectivity index is 2.81. The molecule has 1 aliphatic heterocycles. The molecule has 1 fully saturated rings. The molecule has 0 saturated carbocycles. The van der Waals surface area contributed by atoms with Crippen LogP contribution in [0, 0.1) is 0 Å². The molecular weight excluding hydrogens is 290 g/mol. The van der Waals surface area contributed by atoms with E-state index in [1.165, 1.54) is 12.0 Å². The van der Waals surface area contributed by atoms with Gasteiger partial charge < -0.3 is 29.0 Å². The maximum absolute atomic E-state index is 12.2. The van der Waals surface area contributed by atoms with Gasteiger partial charge in [0.2, 0.25) is 0 Å². The van der Waals surface area contributed by atoms with Crippen LogP contribution in [0.3, 0.4) is 0 Å². The largest absolute Gasteiger partial charge is 0.444 e. The number of nitrogens with zero attached hydrogens (tertiary/aromatic N) is 1. The van der Waals surface area contributed by atoms with Crippen LogP contribution in [0.2, 0.25) is 0 Å². The maximum atomic E-state index is 12.2. The highest BCUT2D eigenvalue weighted by atomic mass is 16.7. The Morgan fingerprint density at radius 3 is 2.41 bits per heavy atom. The molecular formula is C15H29NO6. The number of hydrogen-bond acceptors (Lipinski definition) is 6. The van der Waals surface area contributed by atoms with Crippen LogP contribution in [0.5, 0.6) is 0 Å². The van der Waals surface area contributed by atoms with Gasteiger partial charge in [-0.1, -0.05) is 0 Å². The minimum Gasteiger partial charge on any atom is -0.444 e. The minimum atomic E-state index is -0.702. The minimum absolute atomic E-state index is 0.269. The quantitative estimate of drug-likeness (QED) is 0.825. The first-order chi connectivity index (χ1) is 10.0. The van der Waals surface area contributed by atoms with Crippen LogP contribution in [0.15, 0.2) is 0 Å². The van der Waals surface area contributed by atoms with Gasteiger partial charge in [0.05, 0.1) is 19.3 Å². The molecule has 7 nitrogen and oxygen atoms in total. The zero-order valence-electron chi connectivity index (χ0n) is 14.6. The summed E-state index contributed by atoms with van der Waals surface area (Å²) < 4.78 is 22.1. The normalized spacial score (nSPS) is 23.9. The third-order valence-electron chi connectivity index (χ3n) is 3.41. The Morgan fingerprint density at radius 2 is 2.05 bits per heavy atom. The maximum Gasteiger partial charge on any atom is 0.410 e. The number of amides is 1. The van der Waals surface area contributed by atoms with Crippen LogP contribution in [0.4, 0.5) is 4.79 Å². The van der Waals surface area contributed by atoms with Crippen molar-refractivity contribution in [3.8, 4) is 0 Å². The van der Waals surface area contributed by atoms with Gasteiger partial charge in [0.15, 0.2) is 5.79 Å². The van der Waals surface area contributed by atoms with Crippen molar-refractivity contribution >= 4 is 6.09 Å². The number of carbonyl (C=O) groups excluding carboxylic acids is 1. The summed E-state index contributed by atoms with van der Waals surface area (Å²) in [6.45, 7) is 9.06. The van der Waals surface area contributed by atoms with E-state index >= 15 is 0 Å². The predicted molar refractivity (Wildman–Crippen MR) is 80.6 cm³/mol. The average Bonchev–Trinajstić information content (AvgIpc) is 2.73. The van der Waals surface area contributed by atoms with Crippen molar-refractivity contribution in [2.24, 2.45) is 0 Å². The number of ether oxygens (including phenoxy) is 4. The van der Waals surface area contributed by atoms with Crippen molar-refractivity contribution in [1.82, 2.24) is 4.90 Å². The summed E-state index contributed by atoms with van der Waals surface area (Å²) in [7, 11) is 3.09. The van der Waals surface area contributed by atoms with E-state index < -0.39 is 29.6 Å². The van der Waals surface area contributed by atoms with Crippen LogP contribution in [-0.4, -0.2) is 73.1 Å². The SMILES string of the molecule is COC(C1COC(C)(C)O1)C(CO)N(C)C(=O)OC(C)(C)C. The van der Waals surface area contributed by atoms with Gasteiger partial charge in [-0.3, -0.25) is 0 Å². The second kappa shape index (κ2) is 7.12. The van der Waals surface area contributed by atoms with Crippen molar-refractivity contribution in [2.45, 2.75) is 64.3 Å². The lowest BCUT2D eigenvalue weighted by molar-refractivity contribution is -0.161. The summed E-state index contributed by atoms with van der Waals surface area (Å²) in [5, 5.41) is 9.71. The molecule has 22 heavy (non-hydrogen) atoms. The van der Waals surface area contributed by atoms with Gasteiger partial charge in [-0.05, 0) is 34.6 Å². The van der Waals surface area contributed by atoms with Crippen molar-refractivity contribution in [3.63, 3.8) is 0 Å². The van der Waals surface area contributed by atoms with Gasteiger partial charge in [-0.15, -0.1) is 0 Å². The molecule has 0 aliphatic carbocycles. The van der Waals surface area contributed by atoms with Gasteiger partial charge >= 0.3 is 6.09 Å². The fourth-order valence-electron chi connectivity index (χ4n) is 2.35. The summed E-state index contributed by atoms with van der Waals surface area (Å²) >= 11 is 0. The number of aliphatic hydroxyl groups excluding tert-OH is 1. The first kappa shape index (κ1) is 19.2. The molecule has 0 spiro atoms. The van der Waals surface area contributed by atoms with E-state index in [1.54, 1.807) is 27.8 Å². The van der Waals surface area contributed by atoms with Crippen molar-refractivity contribution in [2.75, 3.05) is 27.4 Å². The fraction of sp³-hybridized carbons (Fsp3) is 0.933. The molecule has 3 unspecified atom stereocenters. The molecule has 0 aromatic carbocycles. The number of hydrogen-bond donors (Lipinski definition) is 1. The van der Waals surface area contributed by atoms with E-state index in [-0.39, 0.29) is 12.7 Å². The van der Waals surface area contributed by atoms with E-state index in [1.807, 2.05) is 13.8 Å².